The fourth-order valence-electron chi connectivity index (χ4n) is 4.19. The normalized spacial score (nSPS) is 14.2. The number of hydrogen-bond acceptors (Lipinski definition) is 6. The van der Waals surface area contributed by atoms with Crippen LogP contribution in [0.5, 0.6) is 5.75 Å². The predicted molar refractivity (Wildman–Crippen MR) is 148 cm³/mol. The molecular formula is C29H35N3O5S. The minimum Gasteiger partial charge on any atom is -0.494 e. The highest BCUT2D eigenvalue weighted by Crippen LogP contribution is 2.25. The lowest BCUT2D eigenvalue weighted by Crippen LogP contribution is -2.40. The van der Waals surface area contributed by atoms with Gasteiger partial charge in [-0.1, -0.05) is 42.0 Å². The van der Waals surface area contributed by atoms with E-state index in [1.165, 1.54) is 17.7 Å². The van der Waals surface area contributed by atoms with E-state index in [4.69, 9.17) is 9.47 Å². The summed E-state index contributed by atoms with van der Waals surface area (Å²) in [5.74, 6) is 0.194. The lowest BCUT2D eigenvalue weighted by molar-refractivity contribution is -0.119. The zero-order chi connectivity index (χ0) is 27.0. The number of hydrogen-bond donors (Lipinski definition) is 1. The number of nitrogens with zero attached hydrogens (tertiary/aromatic N) is 2. The second-order valence-corrected chi connectivity index (χ2v) is 11.1. The Hall–Kier alpha value is -3.40. The van der Waals surface area contributed by atoms with Crippen LogP contribution in [0, 0.1) is 6.92 Å². The van der Waals surface area contributed by atoms with Crippen LogP contribution < -0.4 is 14.4 Å². The number of amides is 1. The molecule has 38 heavy (non-hydrogen) atoms. The number of sulfonamides is 1. The quantitative estimate of drug-likeness (QED) is 0.401. The molecule has 0 spiro atoms. The van der Waals surface area contributed by atoms with Crippen molar-refractivity contribution in [2.45, 2.75) is 31.8 Å². The number of benzene rings is 3. The van der Waals surface area contributed by atoms with Gasteiger partial charge in [0.15, 0.2) is 0 Å². The lowest BCUT2D eigenvalue weighted by atomic mass is 10.1. The molecule has 3 aromatic carbocycles. The van der Waals surface area contributed by atoms with E-state index in [1.54, 1.807) is 24.3 Å². The molecule has 0 bridgehead atoms. The van der Waals surface area contributed by atoms with Crippen LogP contribution in [0.3, 0.4) is 0 Å². The maximum atomic E-state index is 13.6. The molecule has 202 valence electrons. The molecule has 0 radical (unpaired) electrons. The van der Waals surface area contributed by atoms with Crippen LogP contribution in [-0.2, 0) is 32.6 Å². The van der Waals surface area contributed by atoms with Gasteiger partial charge in [0.1, 0.15) is 12.3 Å². The highest BCUT2D eigenvalue weighted by molar-refractivity contribution is 7.92. The van der Waals surface area contributed by atoms with Crippen molar-refractivity contribution in [3.8, 4) is 5.75 Å². The van der Waals surface area contributed by atoms with Gasteiger partial charge in [-0.25, -0.2) is 8.42 Å². The zero-order valence-corrected chi connectivity index (χ0v) is 22.7. The Balaban J connectivity index is 1.43. The number of morpholine rings is 1. The van der Waals surface area contributed by atoms with Crippen molar-refractivity contribution in [1.82, 2.24) is 10.2 Å². The molecule has 8 nitrogen and oxygen atoms in total. The van der Waals surface area contributed by atoms with Gasteiger partial charge in [-0.2, -0.15) is 0 Å². The average molecular weight is 538 g/mol. The van der Waals surface area contributed by atoms with Crippen LogP contribution in [0.1, 0.15) is 23.6 Å². The van der Waals surface area contributed by atoms with Crippen molar-refractivity contribution >= 4 is 21.6 Å². The first-order valence-corrected chi connectivity index (χ1v) is 14.3. The lowest BCUT2D eigenvalue weighted by Gasteiger charge is -2.26. The number of anilines is 1. The van der Waals surface area contributed by atoms with Gasteiger partial charge in [0.05, 0.1) is 30.4 Å². The summed E-state index contributed by atoms with van der Waals surface area (Å²) in [6.07, 6.45) is 0. The largest absolute Gasteiger partial charge is 0.494 e. The van der Waals surface area contributed by atoms with Gasteiger partial charge in [-0.05, 0) is 61.4 Å². The Morgan fingerprint density at radius 2 is 1.58 bits per heavy atom. The topological polar surface area (TPSA) is 88.2 Å². The molecule has 1 heterocycles. The summed E-state index contributed by atoms with van der Waals surface area (Å²) in [4.78, 5) is 15.4. The monoisotopic (exact) mass is 537 g/mol. The van der Waals surface area contributed by atoms with E-state index >= 15 is 0 Å². The standard InChI is InChI=1S/C29H35N3O5S/c1-3-37-27-12-14-28(15-13-27)38(34,35)32(26-10-4-23(2)5-11-26)22-29(33)30-20-24-6-8-25(9-7-24)21-31-16-18-36-19-17-31/h4-15H,3,16-22H2,1-2H3,(H,30,33). The minimum absolute atomic E-state index is 0.0881. The van der Waals surface area contributed by atoms with Gasteiger partial charge < -0.3 is 14.8 Å². The van der Waals surface area contributed by atoms with Crippen LogP contribution in [0.25, 0.3) is 0 Å². The number of nitrogens with one attached hydrogen (secondary N) is 1. The zero-order valence-electron chi connectivity index (χ0n) is 21.9. The van der Waals surface area contributed by atoms with E-state index in [1.807, 2.05) is 38.1 Å². The van der Waals surface area contributed by atoms with Gasteiger partial charge in [-0.15, -0.1) is 0 Å². The molecule has 1 saturated heterocycles. The van der Waals surface area contributed by atoms with Crippen LogP contribution in [0.2, 0.25) is 0 Å². The van der Waals surface area contributed by atoms with Crippen LogP contribution in [0.4, 0.5) is 5.69 Å². The Labute approximate surface area is 225 Å². The van der Waals surface area contributed by atoms with E-state index in [9.17, 15) is 13.2 Å². The Bertz CT molecular complexity index is 1290. The van der Waals surface area contributed by atoms with E-state index < -0.39 is 15.9 Å². The summed E-state index contributed by atoms with van der Waals surface area (Å²) in [5.41, 5.74) is 3.56. The second kappa shape index (κ2) is 12.9. The predicted octanol–water partition coefficient (Wildman–Crippen LogP) is 3.74. The first kappa shape index (κ1) is 27.6. The van der Waals surface area contributed by atoms with Gasteiger partial charge in [0, 0.05) is 26.2 Å². The smallest absolute Gasteiger partial charge is 0.264 e. The van der Waals surface area contributed by atoms with Crippen molar-refractivity contribution in [2.24, 2.45) is 0 Å². The summed E-state index contributed by atoms with van der Waals surface area (Å²) >= 11 is 0. The summed E-state index contributed by atoms with van der Waals surface area (Å²) in [5, 5.41) is 2.87. The number of carbonyl (C=O) groups excluding carboxylic acids is 1. The van der Waals surface area contributed by atoms with E-state index in [0.717, 1.165) is 48.3 Å². The summed E-state index contributed by atoms with van der Waals surface area (Å²) < 4.78 is 39.2. The molecule has 1 fully saturated rings. The third kappa shape index (κ3) is 7.34. The summed E-state index contributed by atoms with van der Waals surface area (Å²) in [7, 11) is -3.99. The molecule has 0 aromatic heterocycles. The maximum Gasteiger partial charge on any atom is 0.264 e. The maximum absolute atomic E-state index is 13.6. The third-order valence-corrected chi connectivity index (χ3v) is 8.14. The van der Waals surface area contributed by atoms with Crippen molar-refractivity contribution in [3.05, 3.63) is 89.5 Å². The molecule has 9 heteroatoms. The fraction of sp³-hybridized carbons (Fsp3) is 0.345. The molecule has 1 aliphatic heterocycles. The first-order valence-electron chi connectivity index (χ1n) is 12.8. The summed E-state index contributed by atoms with van der Waals surface area (Å²) in [6.45, 7) is 8.48. The van der Waals surface area contributed by atoms with Crippen molar-refractivity contribution in [2.75, 3.05) is 43.8 Å². The number of aryl methyl sites for hydroxylation is 1. The molecule has 0 aliphatic carbocycles. The Morgan fingerprint density at radius 3 is 2.21 bits per heavy atom. The second-order valence-electron chi connectivity index (χ2n) is 9.23. The Morgan fingerprint density at radius 1 is 0.947 bits per heavy atom. The number of rotatable bonds is 11. The van der Waals surface area contributed by atoms with Gasteiger partial charge >= 0.3 is 0 Å². The van der Waals surface area contributed by atoms with Crippen molar-refractivity contribution in [1.29, 1.82) is 0 Å². The van der Waals surface area contributed by atoms with Crippen LogP contribution in [-0.4, -0.2) is 58.7 Å². The van der Waals surface area contributed by atoms with Gasteiger partial charge in [0.25, 0.3) is 10.0 Å². The molecule has 0 saturated carbocycles. The molecular weight excluding hydrogens is 502 g/mol. The van der Waals surface area contributed by atoms with Gasteiger partial charge in [-0.3, -0.25) is 14.0 Å². The number of ether oxygens (including phenoxy) is 2. The van der Waals surface area contributed by atoms with E-state index in [2.05, 4.69) is 22.3 Å². The van der Waals surface area contributed by atoms with Gasteiger partial charge in [0.2, 0.25) is 5.91 Å². The highest BCUT2D eigenvalue weighted by atomic mass is 32.2. The molecule has 1 aliphatic rings. The van der Waals surface area contributed by atoms with E-state index in [0.29, 0.717) is 24.6 Å². The SMILES string of the molecule is CCOc1ccc(S(=O)(=O)N(CC(=O)NCc2ccc(CN3CCOCC3)cc2)c2ccc(C)cc2)cc1. The van der Waals surface area contributed by atoms with E-state index in [-0.39, 0.29) is 11.4 Å². The van der Waals surface area contributed by atoms with Crippen molar-refractivity contribution in [3.63, 3.8) is 0 Å². The molecule has 0 unspecified atom stereocenters. The molecule has 1 amide bonds. The Kier molecular flexibility index (Phi) is 9.38. The highest BCUT2D eigenvalue weighted by Gasteiger charge is 2.27. The average Bonchev–Trinajstić information content (AvgIpc) is 2.93. The third-order valence-electron chi connectivity index (χ3n) is 6.35. The molecule has 4 rings (SSSR count). The molecule has 0 atom stereocenters. The van der Waals surface area contributed by atoms with Crippen LogP contribution in [0.15, 0.2) is 77.7 Å². The first-order chi connectivity index (χ1) is 18.3. The van der Waals surface area contributed by atoms with Crippen LogP contribution >= 0.6 is 0 Å². The van der Waals surface area contributed by atoms with Crippen molar-refractivity contribution < 1.29 is 22.7 Å². The number of carbonyl (C=O) groups is 1. The fourth-order valence-corrected chi connectivity index (χ4v) is 5.62. The summed E-state index contributed by atoms with van der Waals surface area (Å²) in [6, 6.07) is 21.4. The minimum atomic E-state index is -3.99. The molecule has 3 aromatic rings. The molecule has 1 N–H and O–H groups in total.